The molecule has 0 unspecified atom stereocenters. The summed E-state index contributed by atoms with van der Waals surface area (Å²) in [6.07, 6.45) is 3.32. The third kappa shape index (κ3) is 5.28. The van der Waals surface area contributed by atoms with E-state index in [4.69, 9.17) is 9.47 Å². The highest BCUT2D eigenvalue weighted by Crippen LogP contribution is 2.23. The van der Waals surface area contributed by atoms with Crippen LogP contribution in [0.2, 0.25) is 0 Å². The van der Waals surface area contributed by atoms with Gasteiger partial charge in [-0.2, -0.15) is 0 Å². The van der Waals surface area contributed by atoms with Crippen LogP contribution in [-0.2, 0) is 11.3 Å². The minimum Gasteiger partial charge on any atom is -0.497 e. The predicted octanol–water partition coefficient (Wildman–Crippen LogP) is 3.44. The van der Waals surface area contributed by atoms with Crippen LogP contribution in [0.15, 0.2) is 48.5 Å². The molecule has 0 spiro atoms. The fraction of sp³-hybridized carbons (Fsp3) is 0.286. The molecule has 1 amide bonds. The summed E-state index contributed by atoms with van der Waals surface area (Å²) in [7, 11) is 9.00. The number of likely N-dealkylation sites (N-methyl/N-ethyl adjacent to an activating group) is 1. The Morgan fingerprint density at radius 2 is 1.54 bits per heavy atom. The second-order valence-electron chi connectivity index (χ2n) is 6.23. The van der Waals surface area contributed by atoms with Gasteiger partial charge in [-0.3, -0.25) is 4.79 Å². The monoisotopic (exact) mass is 354 g/mol. The molecule has 0 N–H and O–H groups in total. The number of anilines is 1. The van der Waals surface area contributed by atoms with Crippen LogP contribution in [-0.4, -0.2) is 46.2 Å². The third-order valence-corrected chi connectivity index (χ3v) is 4.04. The number of nitrogens with zero attached hydrogens (tertiary/aromatic N) is 2. The Balaban J connectivity index is 2.03. The molecular formula is C21H26N2O3. The largest absolute Gasteiger partial charge is 0.497 e. The molecule has 138 valence electrons. The van der Waals surface area contributed by atoms with Crippen molar-refractivity contribution in [3.8, 4) is 11.5 Å². The van der Waals surface area contributed by atoms with E-state index in [1.165, 1.54) is 0 Å². The fourth-order valence-corrected chi connectivity index (χ4v) is 2.47. The molecular weight excluding hydrogens is 328 g/mol. The average Bonchev–Trinajstić information content (AvgIpc) is 2.66. The molecule has 0 saturated heterocycles. The standard InChI is InChI=1S/C21H26N2O3/c1-22(2)18-9-6-16(7-10-18)15-23(3)21(24)11-8-17-12-19(25-4)14-20(13-17)26-5/h6-14H,15H2,1-5H3/b11-8+. The zero-order chi connectivity index (χ0) is 19.1. The van der Waals surface area contributed by atoms with Gasteiger partial charge in [0.2, 0.25) is 5.91 Å². The second kappa shape index (κ2) is 8.94. The van der Waals surface area contributed by atoms with Crippen LogP contribution < -0.4 is 14.4 Å². The van der Waals surface area contributed by atoms with Crippen LogP contribution in [0.4, 0.5) is 5.69 Å². The van der Waals surface area contributed by atoms with Crippen molar-refractivity contribution in [2.24, 2.45) is 0 Å². The quantitative estimate of drug-likeness (QED) is 0.715. The van der Waals surface area contributed by atoms with Gasteiger partial charge >= 0.3 is 0 Å². The van der Waals surface area contributed by atoms with E-state index in [2.05, 4.69) is 0 Å². The molecule has 5 nitrogen and oxygen atoms in total. The summed E-state index contributed by atoms with van der Waals surface area (Å²) in [6, 6.07) is 13.7. The number of hydrogen-bond acceptors (Lipinski definition) is 4. The van der Waals surface area contributed by atoms with E-state index in [0.717, 1.165) is 16.8 Å². The van der Waals surface area contributed by atoms with Crippen LogP contribution in [0.5, 0.6) is 11.5 Å². The van der Waals surface area contributed by atoms with Gasteiger partial charge in [0.1, 0.15) is 11.5 Å². The van der Waals surface area contributed by atoms with Crippen molar-refractivity contribution in [1.82, 2.24) is 4.90 Å². The van der Waals surface area contributed by atoms with Gasteiger partial charge in [0.15, 0.2) is 0 Å². The van der Waals surface area contributed by atoms with Crippen molar-refractivity contribution in [1.29, 1.82) is 0 Å². The number of hydrogen-bond donors (Lipinski definition) is 0. The van der Waals surface area contributed by atoms with E-state index < -0.39 is 0 Å². The van der Waals surface area contributed by atoms with E-state index in [0.29, 0.717) is 18.0 Å². The first kappa shape index (κ1) is 19.4. The minimum atomic E-state index is -0.0662. The first-order valence-electron chi connectivity index (χ1n) is 8.35. The molecule has 26 heavy (non-hydrogen) atoms. The number of carbonyl (C=O) groups is 1. The van der Waals surface area contributed by atoms with E-state index in [-0.39, 0.29) is 5.91 Å². The Morgan fingerprint density at radius 1 is 0.962 bits per heavy atom. The summed E-state index contributed by atoms with van der Waals surface area (Å²) in [5.41, 5.74) is 3.07. The molecule has 2 rings (SSSR count). The van der Waals surface area contributed by atoms with Gasteiger partial charge in [0, 0.05) is 45.5 Å². The molecule has 0 bridgehead atoms. The Bertz CT molecular complexity index is 745. The summed E-state index contributed by atoms with van der Waals surface area (Å²) in [5, 5.41) is 0. The van der Waals surface area contributed by atoms with Gasteiger partial charge in [-0.1, -0.05) is 12.1 Å². The van der Waals surface area contributed by atoms with Crippen LogP contribution >= 0.6 is 0 Å². The number of benzene rings is 2. The van der Waals surface area contributed by atoms with E-state index >= 15 is 0 Å². The number of carbonyl (C=O) groups excluding carboxylic acids is 1. The van der Waals surface area contributed by atoms with Crippen molar-refractivity contribution >= 4 is 17.7 Å². The lowest BCUT2D eigenvalue weighted by Gasteiger charge is -2.17. The number of amides is 1. The second-order valence-corrected chi connectivity index (χ2v) is 6.23. The number of methoxy groups -OCH3 is 2. The van der Waals surface area contributed by atoms with Crippen molar-refractivity contribution < 1.29 is 14.3 Å². The van der Waals surface area contributed by atoms with Crippen LogP contribution in [0.1, 0.15) is 11.1 Å². The summed E-state index contributed by atoms with van der Waals surface area (Å²) >= 11 is 0. The maximum Gasteiger partial charge on any atom is 0.246 e. The van der Waals surface area contributed by atoms with Gasteiger partial charge in [-0.15, -0.1) is 0 Å². The molecule has 0 aliphatic carbocycles. The number of ether oxygens (including phenoxy) is 2. The topological polar surface area (TPSA) is 42.0 Å². The Morgan fingerprint density at radius 3 is 2.04 bits per heavy atom. The molecule has 5 heteroatoms. The fourth-order valence-electron chi connectivity index (χ4n) is 2.47. The Kier molecular flexibility index (Phi) is 6.67. The zero-order valence-electron chi connectivity index (χ0n) is 16.0. The van der Waals surface area contributed by atoms with Gasteiger partial charge in [0.05, 0.1) is 14.2 Å². The molecule has 0 heterocycles. The predicted molar refractivity (Wildman–Crippen MR) is 106 cm³/mol. The molecule has 0 saturated carbocycles. The van der Waals surface area contributed by atoms with Gasteiger partial charge in [-0.05, 0) is 41.5 Å². The van der Waals surface area contributed by atoms with Crippen molar-refractivity contribution in [3.05, 3.63) is 59.7 Å². The normalized spacial score (nSPS) is 10.7. The lowest BCUT2D eigenvalue weighted by molar-refractivity contribution is -0.125. The highest BCUT2D eigenvalue weighted by atomic mass is 16.5. The van der Waals surface area contributed by atoms with Crippen molar-refractivity contribution in [2.45, 2.75) is 6.54 Å². The molecule has 0 fully saturated rings. The van der Waals surface area contributed by atoms with Crippen molar-refractivity contribution in [2.75, 3.05) is 40.3 Å². The molecule has 2 aromatic rings. The maximum atomic E-state index is 12.4. The summed E-state index contributed by atoms with van der Waals surface area (Å²) < 4.78 is 10.5. The van der Waals surface area contributed by atoms with Crippen LogP contribution in [0.3, 0.4) is 0 Å². The Labute approximate surface area is 155 Å². The lowest BCUT2D eigenvalue weighted by Crippen LogP contribution is -2.24. The van der Waals surface area contributed by atoms with Gasteiger partial charge in [-0.25, -0.2) is 0 Å². The summed E-state index contributed by atoms with van der Waals surface area (Å²) in [6.45, 7) is 0.554. The Hall–Kier alpha value is -2.95. The van der Waals surface area contributed by atoms with Crippen molar-refractivity contribution in [3.63, 3.8) is 0 Å². The molecule has 0 aliphatic rings. The molecule has 0 atom stereocenters. The first-order valence-corrected chi connectivity index (χ1v) is 8.35. The van der Waals surface area contributed by atoms with E-state index in [1.807, 2.05) is 55.4 Å². The summed E-state index contributed by atoms with van der Waals surface area (Å²) in [5.74, 6) is 1.31. The number of rotatable bonds is 7. The maximum absolute atomic E-state index is 12.4. The first-order chi connectivity index (χ1) is 12.4. The third-order valence-electron chi connectivity index (χ3n) is 4.04. The van der Waals surface area contributed by atoms with E-state index in [1.54, 1.807) is 44.4 Å². The summed E-state index contributed by atoms with van der Waals surface area (Å²) in [4.78, 5) is 16.1. The molecule has 0 aromatic heterocycles. The van der Waals surface area contributed by atoms with Crippen LogP contribution in [0, 0.1) is 0 Å². The minimum absolute atomic E-state index is 0.0662. The van der Waals surface area contributed by atoms with Gasteiger partial charge < -0.3 is 19.3 Å². The van der Waals surface area contributed by atoms with Gasteiger partial charge in [0.25, 0.3) is 0 Å². The smallest absolute Gasteiger partial charge is 0.246 e. The average molecular weight is 354 g/mol. The molecule has 0 radical (unpaired) electrons. The lowest BCUT2D eigenvalue weighted by atomic mass is 10.1. The molecule has 0 aliphatic heterocycles. The van der Waals surface area contributed by atoms with Crippen LogP contribution in [0.25, 0.3) is 6.08 Å². The molecule has 2 aromatic carbocycles. The zero-order valence-corrected chi connectivity index (χ0v) is 16.0. The highest BCUT2D eigenvalue weighted by Gasteiger charge is 2.07. The highest BCUT2D eigenvalue weighted by molar-refractivity contribution is 5.91. The van der Waals surface area contributed by atoms with E-state index in [9.17, 15) is 4.79 Å². The SMILES string of the molecule is COc1cc(/C=C/C(=O)N(C)Cc2ccc(N(C)C)cc2)cc(OC)c1.